The fourth-order valence-electron chi connectivity index (χ4n) is 4.09. The van der Waals surface area contributed by atoms with Gasteiger partial charge in [0.15, 0.2) is 5.82 Å². The molecule has 0 radical (unpaired) electrons. The second kappa shape index (κ2) is 7.61. The average Bonchev–Trinajstić information content (AvgIpc) is 3.51. The molecule has 152 valence electrons. The van der Waals surface area contributed by atoms with Gasteiger partial charge in [-0.1, -0.05) is 6.07 Å². The van der Waals surface area contributed by atoms with Crippen molar-refractivity contribution in [2.24, 2.45) is 0 Å². The number of ether oxygens (including phenoxy) is 1. The molecule has 0 spiro atoms. The molecule has 2 fully saturated rings. The van der Waals surface area contributed by atoms with E-state index in [0.29, 0.717) is 5.92 Å². The van der Waals surface area contributed by atoms with Gasteiger partial charge in [0.05, 0.1) is 17.8 Å². The maximum Gasteiger partial charge on any atom is 0.256 e. The van der Waals surface area contributed by atoms with Gasteiger partial charge in [0.1, 0.15) is 11.9 Å². The third kappa shape index (κ3) is 3.91. The van der Waals surface area contributed by atoms with Crippen LogP contribution in [0.15, 0.2) is 42.6 Å². The lowest BCUT2D eigenvalue weighted by Crippen LogP contribution is -2.38. The lowest BCUT2D eigenvalue weighted by molar-refractivity contribution is 0.128. The van der Waals surface area contributed by atoms with Crippen molar-refractivity contribution in [3.05, 3.63) is 48.3 Å². The Morgan fingerprint density at radius 2 is 1.83 bits per heavy atom. The molecular weight excluding hydrogens is 374 g/mol. The number of fused-ring (bicyclic) bond motifs is 1. The first-order valence-electron chi connectivity index (χ1n) is 10.3. The van der Waals surface area contributed by atoms with Gasteiger partial charge in [-0.05, 0) is 43.2 Å². The molecule has 2 aliphatic rings. The van der Waals surface area contributed by atoms with Gasteiger partial charge in [0, 0.05) is 43.4 Å². The van der Waals surface area contributed by atoms with Gasteiger partial charge in [-0.15, -0.1) is 5.10 Å². The van der Waals surface area contributed by atoms with E-state index in [2.05, 4.69) is 27.2 Å². The third-order valence-corrected chi connectivity index (χ3v) is 5.83. The van der Waals surface area contributed by atoms with Crippen LogP contribution in [0.3, 0.4) is 0 Å². The minimum absolute atomic E-state index is 0.106. The minimum Gasteiger partial charge on any atom is -0.490 e. The highest BCUT2D eigenvalue weighted by molar-refractivity contribution is 5.86. The van der Waals surface area contributed by atoms with E-state index < -0.39 is 6.43 Å². The van der Waals surface area contributed by atoms with Crippen LogP contribution in [-0.2, 0) is 6.54 Å². The van der Waals surface area contributed by atoms with Crippen molar-refractivity contribution in [3.8, 4) is 5.75 Å². The number of piperidine rings is 1. The SMILES string of the molecule is FC(F)Cn1ccc2c(OC3CCN(c4ccc(C5CC5)nn4)CC3)cccc21. The molecule has 0 N–H and O–H groups in total. The van der Waals surface area contributed by atoms with E-state index in [9.17, 15) is 8.78 Å². The molecule has 5 nitrogen and oxygen atoms in total. The van der Waals surface area contributed by atoms with E-state index >= 15 is 0 Å². The Morgan fingerprint density at radius 3 is 2.52 bits per heavy atom. The summed E-state index contributed by atoms with van der Waals surface area (Å²) in [5.74, 6) is 2.32. The molecule has 1 aliphatic heterocycles. The van der Waals surface area contributed by atoms with Crippen molar-refractivity contribution in [2.45, 2.75) is 50.7 Å². The molecule has 0 unspecified atom stereocenters. The summed E-state index contributed by atoms with van der Waals surface area (Å²) in [7, 11) is 0. The average molecular weight is 398 g/mol. The summed E-state index contributed by atoms with van der Waals surface area (Å²) in [6.07, 6.45) is 3.68. The molecule has 1 aliphatic carbocycles. The Labute approximate surface area is 168 Å². The standard InChI is InChI=1S/C22H24F2N4O/c23-21(24)14-28-13-10-17-19(28)2-1-3-20(17)29-16-8-11-27(12-9-16)22-7-6-18(25-26-22)15-4-5-15/h1-3,6-7,10,13,15-16,21H,4-5,8-9,11-12,14H2. The van der Waals surface area contributed by atoms with Crippen molar-refractivity contribution < 1.29 is 13.5 Å². The molecule has 7 heteroatoms. The van der Waals surface area contributed by atoms with Gasteiger partial charge in [0.25, 0.3) is 6.43 Å². The number of halogens is 2. The lowest BCUT2D eigenvalue weighted by atomic mass is 10.1. The van der Waals surface area contributed by atoms with Gasteiger partial charge >= 0.3 is 0 Å². The molecule has 1 aromatic carbocycles. The Hall–Kier alpha value is -2.70. The Balaban J connectivity index is 1.23. The molecule has 0 atom stereocenters. The molecule has 1 saturated heterocycles. The predicted octanol–water partition coefficient (Wildman–Crippen LogP) is 4.62. The van der Waals surface area contributed by atoms with Gasteiger partial charge < -0.3 is 14.2 Å². The van der Waals surface area contributed by atoms with E-state index in [1.165, 1.54) is 12.8 Å². The summed E-state index contributed by atoms with van der Waals surface area (Å²) in [4.78, 5) is 2.25. The van der Waals surface area contributed by atoms with Gasteiger partial charge in [0.2, 0.25) is 0 Å². The normalized spacial score (nSPS) is 18.0. The summed E-state index contributed by atoms with van der Waals surface area (Å²) in [5.41, 5.74) is 1.89. The first-order valence-corrected chi connectivity index (χ1v) is 10.3. The summed E-state index contributed by atoms with van der Waals surface area (Å²) in [5, 5.41) is 9.68. The minimum atomic E-state index is -2.37. The van der Waals surface area contributed by atoms with Crippen molar-refractivity contribution in [2.75, 3.05) is 18.0 Å². The number of benzene rings is 1. The Kier molecular flexibility index (Phi) is 4.81. The van der Waals surface area contributed by atoms with E-state index in [4.69, 9.17) is 4.74 Å². The van der Waals surface area contributed by atoms with Gasteiger partial charge in [-0.25, -0.2) is 8.78 Å². The fraction of sp³-hybridized carbons (Fsp3) is 0.455. The van der Waals surface area contributed by atoms with E-state index in [1.54, 1.807) is 10.8 Å². The van der Waals surface area contributed by atoms with Gasteiger partial charge in [-0.2, -0.15) is 5.10 Å². The summed E-state index contributed by atoms with van der Waals surface area (Å²) < 4.78 is 33.4. The highest BCUT2D eigenvalue weighted by Gasteiger charge is 2.26. The second-order valence-electron chi connectivity index (χ2n) is 7.94. The van der Waals surface area contributed by atoms with Crippen molar-refractivity contribution in [1.82, 2.24) is 14.8 Å². The monoisotopic (exact) mass is 398 g/mol. The second-order valence-corrected chi connectivity index (χ2v) is 7.94. The number of nitrogens with zero attached hydrogens (tertiary/aromatic N) is 4. The predicted molar refractivity (Wildman–Crippen MR) is 108 cm³/mol. The van der Waals surface area contributed by atoms with Crippen molar-refractivity contribution >= 4 is 16.7 Å². The van der Waals surface area contributed by atoms with Crippen LogP contribution in [0.4, 0.5) is 14.6 Å². The highest BCUT2D eigenvalue weighted by atomic mass is 19.3. The zero-order chi connectivity index (χ0) is 19.8. The van der Waals surface area contributed by atoms with Crippen LogP contribution in [0.1, 0.15) is 37.3 Å². The van der Waals surface area contributed by atoms with Gasteiger partial charge in [-0.3, -0.25) is 0 Å². The summed E-state index contributed by atoms with van der Waals surface area (Å²) in [6.45, 7) is 1.43. The quantitative estimate of drug-likeness (QED) is 0.608. The van der Waals surface area contributed by atoms with Crippen LogP contribution >= 0.6 is 0 Å². The first kappa shape index (κ1) is 18.3. The lowest BCUT2D eigenvalue weighted by Gasteiger charge is -2.32. The molecule has 29 heavy (non-hydrogen) atoms. The zero-order valence-corrected chi connectivity index (χ0v) is 16.2. The van der Waals surface area contributed by atoms with Crippen LogP contribution in [-0.4, -0.2) is 40.4 Å². The molecule has 2 aromatic heterocycles. The summed E-state index contributed by atoms with van der Waals surface area (Å²) in [6, 6.07) is 11.7. The largest absolute Gasteiger partial charge is 0.490 e. The van der Waals surface area contributed by atoms with Crippen LogP contribution in [0.25, 0.3) is 10.9 Å². The van der Waals surface area contributed by atoms with Crippen LogP contribution in [0, 0.1) is 0 Å². The molecule has 0 bridgehead atoms. The number of rotatable bonds is 6. The molecule has 3 aromatic rings. The van der Waals surface area contributed by atoms with Crippen molar-refractivity contribution in [1.29, 1.82) is 0 Å². The molecule has 1 saturated carbocycles. The van der Waals surface area contributed by atoms with E-state index in [0.717, 1.165) is 54.1 Å². The van der Waals surface area contributed by atoms with Crippen LogP contribution < -0.4 is 9.64 Å². The third-order valence-electron chi connectivity index (χ3n) is 5.83. The molecular formula is C22H24F2N4O. The van der Waals surface area contributed by atoms with Crippen LogP contribution in [0.5, 0.6) is 5.75 Å². The first-order chi connectivity index (χ1) is 14.2. The smallest absolute Gasteiger partial charge is 0.256 e. The maximum atomic E-state index is 12.8. The zero-order valence-electron chi connectivity index (χ0n) is 16.2. The highest BCUT2D eigenvalue weighted by Crippen LogP contribution is 2.39. The maximum absolute atomic E-state index is 12.8. The number of aromatic nitrogens is 3. The van der Waals surface area contributed by atoms with E-state index in [1.807, 2.05) is 24.3 Å². The van der Waals surface area contributed by atoms with Crippen molar-refractivity contribution in [3.63, 3.8) is 0 Å². The fourth-order valence-corrected chi connectivity index (χ4v) is 4.09. The Morgan fingerprint density at radius 1 is 1.00 bits per heavy atom. The Bertz CT molecular complexity index is 976. The number of anilines is 1. The molecule has 0 amide bonds. The van der Waals surface area contributed by atoms with Crippen LogP contribution in [0.2, 0.25) is 0 Å². The molecule has 3 heterocycles. The topological polar surface area (TPSA) is 43.2 Å². The number of alkyl halides is 2. The summed E-state index contributed by atoms with van der Waals surface area (Å²) >= 11 is 0. The number of hydrogen-bond acceptors (Lipinski definition) is 4. The molecule has 5 rings (SSSR count). The van der Waals surface area contributed by atoms with E-state index in [-0.39, 0.29) is 12.6 Å². The number of hydrogen-bond donors (Lipinski definition) is 0.